The van der Waals surface area contributed by atoms with Crippen LogP contribution in [0.3, 0.4) is 0 Å². The van der Waals surface area contributed by atoms with E-state index in [0.717, 1.165) is 11.8 Å². The fourth-order valence-corrected chi connectivity index (χ4v) is 4.74. The van der Waals surface area contributed by atoms with Crippen molar-refractivity contribution >= 4 is 0 Å². The molecule has 0 radical (unpaired) electrons. The summed E-state index contributed by atoms with van der Waals surface area (Å²) in [6, 6.07) is 0. The van der Waals surface area contributed by atoms with Gasteiger partial charge in [-0.3, -0.25) is 0 Å². The van der Waals surface area contributed by atoms with Crippen LogP contribution in [0, 0.1) is 23.7 Å². The lowest BCUT2D eigenvalue weighted by Gasteiger charge is -2.40. The summed E-state index contributed by atoms with van der Waals surface area (Å²) in [5.41, 5.74) is 0. The van der Waals surface area contributed by atoms with Crippen LogP contribution >= 0.6 is 0 Å². The van der Waals surface area contributed by atoms with Crippen molar-refractivity contribution < 1.29 is 18.9 Å². The third-order valence-electron chi connectivity index (χ3n) is 6.00. The van der Waals surface area contributed by atoms with Gasteiger partial charge < -0.3 is 18.9 Å². The van der Waals surface area contributed by atoms with E-state index in [-0.39, 0.29) is 12.6 Å². The average molecular weight is 314 g/mol. The number of ether oxygens (including phenoxy) is 4. The summed E-state index contributed by atoms with van der Waals surface area (Å²) in [6.07, 6.45) is 10.3. The summed E-state index contributed by atoms with van der Waals surface area (Å²) in [6.45, 7) is 0. The summed E-state index contributed by atoms with van der Waals surface area (Å²) in [4.78, 5) is 0. The highest BCUT2D eigenvalue weighted by Crippen LogP contribution is 2.43. The van der Waals surface area contributed by atoms with Crippen molar-refractivity contribution in [3.05, 3.63) is 0 Å². The van der Waals surface area contributed by atoms with Crippen LogP contribution in [0.4, 0.5) is 0 Å². The first-order valence-electron chi connectivity index (χ1n) is 8.84. The predicted molar refractivity (Wildman–Crippen MR) is 86.5 cm³/mol. The monoisotopic (exact) mass is 314 g/mol. The van der Waals surface area contributed by atoms with Crippen LogP contribution in [0.25, 0.3) is 0 Å². The fourth-order valence-electron chi connectivity index (χ4n) is 4.74. The largest absolute Gasteiger partial charge is 0.356 e. The minimum atomic E-state index is -0.0131. The molecule has 4 heteroatoms. The summed E-state index contributed by atoms with van der Waals surface area (Å²) < 4.78 is 21.7. The van der Waals surface area contributed by atoms with E-state index in [1.165, 1.54) is 51.4 Å². The van der Waals surface area contributed by atoms with Gasteiger partial charge in [-0.15, -0.1) is 0 Å². The molecule has 0 atom stereocenters. The van der Waals surface area contributed by atoms with Gasteiger partial charge in [0, 0.05) is 40.3 Å². The van der Waals surface area contributed by atoms with Crippen molar-refractivity contribution in [2.75, 3.05) is 28.4 Å². The molecule has 0 bridgehead atoms. The Morgan fingerprint density at radius 1 is 0.500 bits per heavy atom. The van der Waals surface area contributed by atoms with E-state index in [0.29, 0.717) is 11.8 Å². The summed E-state index contributed by atoms with van der Waals surface area (Å²) in [7, 11) is 7.01. The Labute approximate surface area is 135 Å². The Balaban J connectivity index is 1.74. The molecule has 0 unspecified atom stereocenters. The van der Waals surface area contributed by atoms with Crippen molar-refractivity contribution in [3.63, 3.8) is 0 Å². The van der Waals surface area contributed by atoms with Crippen LogP contribution in [-0.2, 0) is 18.9 Å². The van der Waals surface area contributed by atoms with Crippen molar-refractivity contribution in [1.29, 1.82) is 0 Å². The highest BCUT2D eigenvalue weighted by molar-refractivity contribution is 4.83. The molecule has 2 fully saturated rings. The topological polar surface area (TPSA) is 36.9 Å². The Hall–Kier alpha value is -0.160. The minimum Gasteiger partial charge on any atom is -0.356 e. The first kappa shape index (κ1) is 18.2. The van der Waals surface area contributed by atoms with Gasteiger partial charge in [0.15, 0.2) is 12.6 Å². The van der Waals surface area contributed by atoms with Gasteiger partial charge in [-0.25, -0.2) is 0 Å². The molecule has 2 saturated carbocycles. The molecule has 130 valence electrons. The molecule has 0 heterocycles. The van der Waals surface area contributed by atoms with E-state index in [2.05, 4.69) is 0 Å². The van der Waals surface area contributed by atoms with E-state index >= 15 is 0 Å². The lowest BCUT2D eigenvalue weighted by Crippen LogP contribution is -2.34. The molecular formula is C18H34O4. The molecule has 0 saturated heterocycles. The van der Waals surface area contributed by atoms with E-state index in [1.54, 1.807) is 28.4 Å². The minimum absolute atomic E-state index is 0.0131. The van der Waals surface area contributed by atoms with Crippen LogP contribution in [0.15, 0.2) is 0 Å². The maximum absolute atomic E-state index is 5.43. The van der Waals surface area contributed by atoms with Crippen molar-refractivity contribution in [3.8, 4) is 0 Å². The van der Waals surface area contributed by atoms with Crippen molar-refractivity contribution in [2.45, 2.75) is 63.9 Å². The third-order valence-corrected chi connectivity index (χ3v) is 6.00. The Morgan fingerprint density at radius 3 is 1.00 bits per heavy atom. The van der Waals surface area contributed by atoms with Crippen LogP contribution in [0.1, 0.15) is 51.4 Å². The molecule has 0 N–H and O–H groups in total. The molecule has 0 amide bonds. The van der Waals surface area contributed by atoms with Gasteiger partial charge >= 0.3 is 0 Å². The van der Waals surface area contributed by atoms with Gasteiger partial charge in [0.05, 0.1) is 0 Å². The van der Waals surface area contributed by atoms with Gasteiger partial charge in [0.1, 0.15) is 0 Å². The predicted octanol–water partition coefficient (Wildman–Crippen LogP) is 3.84. The van der Waals surface area contributed by atoms with Gasteiger partial charge in [0.2, 0.25) is 0 Å². The van der Waals surface area contributed by atoms with E-state index in [4.69, 9.17) is 18.9 Å². The molecule has 4 nitrogen and oxygen atoms in total. The number of methoxy groups -OCH3 is 4. The zero-order chi connectivity index (χ0) is 15.9. The highest BCUT2D eigenvalue weighted by atomic mass is 16.7. The lowest BCUT2D eigenvalue weighted by atomic mass is 9.69. The average Bonchev–Trinajstić information content (AvgIpc) is 2.58. The van der Waals surface area contributed by atoms with Gasteiger partial charge in [-0.2, -0.15) is 0 Å². The second kappa shape index (κ2) is 9.21. The standard InChI is InChI=1S/C18H34O4/c1-19-17(20-2)15-9-5-13(6-10-15)14-7-11-16(12-8-14)18(21-3)22-4/h13-18H,5-12H2,1-4H3. The summed E-state index contributed by atoms with van der Waals surface area (Å²) in [5, 5.41) is 0. The van der Waals surface area contributed by atoms with Gasteiger partial charge in [-0.05, 0) is 63.2 Å². The Morgan fingerprint density at radius 2 is 0.773 bits per heavy atom. The SMILES string of the molecule is COC(OC)C1CCC(C2CCC(C(OC)OC)CC2)CC1. The van der Waals surface area contributed by atoms with E-state index in [9.17, 15) is 0 Å². The van der Waals surface area contributed by atoms with Crippen LogP contribution in [0.5, 0.6) is 0 Å². The van der Waals surface area contributed by atoms with Gasteiger partial charge in [0.25, 0.3) is 0 Å². The molecule has 2 aliphatic rings. The van der Waals surface area contributed by atoms with Crippen LogP contribution in [0.2, 0.25) is 0 Å². The van der Waals surface area contributed by atoms with E-state index in [1.807, 2.05) is 0 Å². The van der Waals surface area contributed by atoms with Crippen molar-refractivity contribution in [1.82, 2.24) is 0 Å². The number of rotatable bonds is 7. The maximum atomic E-state index is 5.43. The smallest absolute Gasteiger partial charge is 0.159 e. The fraction of sp³-hybridized carbons (Fsp3) is 1.00. The molecule has 0 spiro atoms. The molecule has 2 rings (SSSR count). The molecule has 22 heavy (non-hydrogen) atoms. The first-order valence-corrected chi connectivity index (χ1v) is 8.84. The number of hydrogen-bond acceptors (Lipinski definition) is 4. The molecular weight excluding hydrogens is 280 g/mol. The van der Waals surface area contributed by atoms with E-state index < -0.39 is 0 Å². The third kappa shape index (κ3) is 4.44. The Kier molecular flexibility index (Phi) is 7.61. The zero-order valence-corrected chi connectivity index (χ0v) is 14.8. The first-order chi connectivity index (χ1) is 10.7. The quantitative estimate of drug-likeness (QED) is 0.669. The lowest BCUT2D eigenvalue weighted by molar-refractivity contribution is -0.151. The van der Waals surface area contributed by atoms with Crippen LogP contribution in [-0.4, -0.2) is 41.0 Å². The second-order valence-electron chi connectivity index (χ2n) is 7.03. The summed E-state index contributed by atoms with van der Waals surface area (Å²) >= 11 is 0. The molecule has 2 aliphatic carbocycles. The number of hydrogen-bond donors (Lipinski definition) is 0. The maximum Gasteiger partial charge on any atom is 0.159 e. The van der Waals surface area contributed by atoms with Gasteiger partial charge in [-0.1, -0.05) is 0 Å². The highest BCUT2D eigenvalue weighted by Gasteiger charge is 2.35. The van der Waals surface area contributed by atoms with Crippen molar-refractivity contribution in [2.24, 2.45) is 23.7 Å². The Bertz CT molecular complexity index is 255. The summed E-state index contributed by atoms with van der Waals surface area (Å²) in [5.74, 6) is 2.95. The molecule has 0 aromatic heterocycles. The second-order valence-corrected chi connectivity index (χ2v) is 7.03. The van der Waals surface area contributed by atoms with Crippen LogP contribution < -0.4 is 0 Å². The molecule has 0 aromatic rings. The normalized spacial score (nSPS) is 33.5. The molecule has 0 aromatic carbocycles. The molecule has 0 aliphatic heterocycles. The zero-order valence-electron chi connectivity index (χ0n) is 14.8.